The Hall–Kier alpha value is -3.73. The number of esters is 2. The third-order valence-corrected chi connectivity index (χ3v) is 44.8. The first-order valence-corrected chi connectivity index (χ1v) is 55.2. The molecule has 20 rings (SSSR count). The minimum absolute atomic E-state index is 0.000871. The number of ether oxygens (including phenoxy) is 1. The number of hydrogen-bond donors (Lipinski definition) is 4. The monoisotopic (exact) mass is 1810 g/mol. The van der Waals surface area contributed by atoms with Crippen LogP contribution in [0.25, 0.3) is 0 Å². The van der Waals surface area contributed by atoms with Crippen LogP contribution >= 0.6 is 20.1 Å². The molecule has 0 aliphatic heterocycles. The van der Waals surface area contributed by atoms with Gasteiger partial charge in [0, 0.05) is 123 Å². The van der Waals surface area contributed by atoms with E-state index in [1.165, 1.54) is 96.5 Å². The van der Waals surface area contributed by atoms with Crippen LogP contribution in [0.2, 0.25) is 5.28 Å². The molecular formula is C107H159AlCl2O17. The van der Waals surface area contributed by atoms with Gasteiger partial charge in [0.2, 0.25) is 0 Å². The molecular weight excluding hydrogens is 1660 g/mol. The van der Waals surface area contributed by atoms with Crippen molar-refractivity contribution in [3.05, 3.63) is 23.3 Å². The average Bonchev–Trinajstić information content (AvgIpc) is 1.55. The molecule has 20 aliphatic carbocycles. The second-order valence-corrected chi connectivity index (χ2v) is 53.9. The molecule has 0 saturated heterocycles. The molecule has 0 aromatic rings. The SMILES string of the molecule is C/C=C1/CCC2C3CC[C@@H]4C[C@@H](C)CC[C@]4(C)C3C(=O)C[C@]12C.CC(=O)OC(C)=O.C[C@H]1CC[C@]2(C)C3C(=O)C[C@]4(C)C(=O)CCC4C3CC[C@@H]2C1.C[C@]12CCC(=O)C=C1CCC1C2[C@@H](O)C[C@@]2(C)C1CC[C@]2(O)C(=O)CO.C[C@]12CCC(=O)CC1CCC1C2C(=O)C[C@]2(C)C(=O)CCC12.C[C@]12CC[C@H](O)CC1CCC1C2C(=O)C[C@]2(C)C(=O)CCC12.C[CH2][Al]([Cl])[Cl]. The summed E-state index contributed by atoms with van der Waals surface area (Å²) in [5.41, 5.74) is 0.0747. The molecule has 34 atom stereocenters. The Morgan fingerprint density at radius 2 is 0.858 bits per heavy atom. The van der Waals surface area contributed by atoms with Gasteiger partial charge in [0.1, 0.15) is 58.5 Å². The van der Waals surface area contributed by atoms with Crippen molar-refractivity contribution in [3.8, 4) is 0 Å². The van der Waals surface area contributed by atoms with E-state index in [1.54, 1.807) is 11.6 Å². The van der Waals surface area contributed by atoms with E-state index in [1.807, 2.05) is 20.8 Å². The van der Waals surface area contributed by atoms with E-state index in [0.29, 0.717) is 175 Å². The predicted octanol–water partition coefficient (Wildman–Crippen LogP) is 20.5. The van der Waals surface area contributed by atoms with Crippen LogP contribution in [0.15, 0.2) is 23.3 Å². The van der Waals surface area contributed by atoms with Crippen molar-refractivity contribution in [2.24, 2.45) is 178 Å². The summed E-state index contributed by atoms with van der Waals surface area (Å²) in [5.74, 6) is 11.2. The molecule has 17 nitrogen and oxygen atoms in total. The average molecular weight is 1820 g/mol. The Bertz CT molecular complexity index is 4250. The molecule has 0 bridgehead atoms. The zero-order valence-corrected chi connectivity index (χ0v) is 83.0. The van der Waals surface area contributed by atoms with Crippen LogP contribution in [0.5, 0.6) is 0 Å². The Labute approximate surface area is 772 Å². The van der Waals surface area contributed by atoms with E-state index < -0.39 is 53.8 Å². The lowest BCUT2D eigenvalue weighted by atomic mass is 9.44. The van der Waals surface area contributed by atoms with Gasteiger partial charge < -0.3 is 25.2 Å². The Kier molecular flexibility index (Phi) is 29.0. The summed E-state index contributed by atoms with van der Waals surface area (Å²) in [6.45, 7) is 32.9. The number of carbonyl (C=O) groups excluding carboxylic acids is 12. The summed E-state index contributed by atoms with van der Waals surface area (Å²) in [6, 6.07) is 0. The van der Waals surface area contributed by atoms with Crippen molar-refractivity contribution in [2.75, 3.05) is 6.61 Å². The normalized spacial score (nSPS) is 48.7. The lowest BCUT2D eigenvalue weighted by Crippen LogP contribution is -2.62. The quantitative estimate of drug-likeness (QED) is 0.0883. The third kappa shape index (κ3) is 17.1. The minimum atomic E-state index is -1.54. The van der Waals surface area contributed by atoms with Gasteiger partial charge in [-0.3, -0.25) is 57.5 Å². The number of allylic oxidation sites excluding steroid dienone is 3. The van der Waals surface area contributed by atoms with Crippen molar-refractivity contribution < 1.29 is 82.7 Å². The van der Waals surface area contributed by atoms with Crippen molar-refractivity contribution >= 4 is 102 Å². The van der Waals surface area contributed by atoms with Crippen molar-refractivity contribution in [3.63, 3.8) is 0 Å². The fraction of sp³-hybridized carbons (Fsp3) is 0.850. The first-order chi connectivity index (χ1) is 59.5. The summed E-state index contributed by atoms with van der Waals surface area (Å²) in [5, 5.41) is 42.7. The van der Waals surface area contributed by atoms with Gasteiger partial charge in [-0.15, -0.1) is 0 Å². The van der Waals surface area contributed by atoms with Gasteiger partial charge in [0.15, 0.2) is 11.6 Å². The van der Waals surface area contributed by atoms with Crippen LogP contribution in [0.1, 0.15) is 361 Å². The van der Waals surface area contributed by atoms with Gasteiger partial charge in [-0.05, 0) is 319 Å². The highest BCUT2D eigenvalue weighted by molar-refractivity contribution is 7.33. The maximum absolute atomic E-state index is 13.4. The van der Waals surface area contributed by atoms with E-state index in [9.17, 15) is 78.0 Å². The number of aliphatic hydroxyl groups excluding tert-OH is 3. The summed E-state index contributed by atoms with van der Waals surface area (Å²) < 4.78 is 3.97. The largest absolute Gasteiger partial charge is 0.519 e. The fourth-order valence-electron chi connectivity index (χ4n) is 35.6. The van der Waals surface area contributed by atoms with Crippen molar-refractivity contribution in [2.45, 2.75) is 384 Å². The van der Waals surface area contributed by atoms with E-state index in [0.717, 1.165) is 144 Å². The molecule has 4 N–H and O–H groups in total. The topological polar surface area (TPSA) is 295 Å². The number of fused-ring (bicyclic) bond motifs is 25. The highest BCUT2D eigenvalue weighted by Gasteiger charge is 2.71. The summed E-state index contributed by atoms with van der Waals surface area (Å²) in [4.78, 5) is 145. The second-order valence-electron chi connectivity index (χ2n) is 48.5. The number of ketones is 10. The van der Waals surface area contributed by atoms with Gasteiger partial charge in [-0.25, -0.2) is 20.1 Å². The molecule has 706 valence electrons. The summed E-state index contributed by atoms with van der Waals surface area (Å²) in [7, 11) is 10.7. The first-order valence-electron chi connectivity index (χ1n) is 50.9. The molecule has 0 aromatic carbocycles. The molecule has 19 fully saturated rings. The molecule has 19 saturated carbocycles. The number of hydrogen-bond acceptors (Lipinski definition) is 17. The molecule has 17 unspecified atom stereocenters. The Morgan fingerprint density at radius 3 is 1.28 bits per heavy atom. The van der Waals surface area contributed by atoms with Gasteiger partial charge >= 0.3 is 24.2 Å². The highest BCUT2D eigenvalue weighted by atomic mass is 35.7. The predicted molar refractivity (Wildman–Crippen MR) is 492 cm³/mol. The second kappa shape index (κ2) is 37.1. The van der Waals surface area contributed by atoms with Gasteiger partial charge in [-0.2, -0.15) is 0 Å². The zero-order valence-electron chi connectivity index (χ0n) is 80.4. The van der Waals surface area contributed by atoms with E-state index >= 15 is 0 Å². The first kappa shape index (κ1) is 99.2. The molecule has 0 aromatic heterocycles. The number of Topliss-reactive ketones (excluding diaryl/α,β-unsaturated/α-hetero) is 9. The van der Waals surface area contributed by atoms with Gasteiger partial charge in [0.25, 0.3) is 0 Å². The molecule has 0 radical (unpaired) electrons. The lowest BCUT2D eigenvalue weighted by molar-refractivity contribution is -0.182. The van der Waals surface area contributed by atoms with E-state index in [4.69, 9.17) is 20.1 Å². The summed E-state index contributed by atoms with van der Waals surface area (Å²) in [6.07, 6.45) is 40.0. The number of halogens is 2. The number of aliphatic hydroxyl groups is 4. The van der Waals surface area contributed by atoms with Crippen LogP contribution in [-0.4, -0.2) is 127 Å². The van der Waals surface area contributed by atoms with Crippen LogP contribution in [0, 0.1) is 178 Å². The zero-order chi connectivity index (χ0) is 92.6. The third-order valence-electron chi connectivity index (χ3n) is 42.3. The van der Waals surface area contributed by atoms with E-state index in [-0.39, 0.29) is 90.7 Å². The number of carbonyl (C=O) groups is 12. The maximum Gasteiger partial charge on any atom is 0.519 e. The molecule has 127 heavy (non-hydrogen) atoms. The van der Waals surface area contributed by atoms with E-state index in [2.05, 4.69) is 87.0 Å². The van der Waals surface area contributed by atoms with Gasteiger partial charge in [0.05, 0.1) is 12.2 Å². The van der Waals surface area contributed by atoms with Crippen LogP contribution in [-0.2, 0) is 62.3 Å². The maximum atomic E-state index is 13.4. The van der Waals surface area contributed by atoms with Crippen LogP contribution < -0.4 is 0 Å². The highest BCUT2D eigenvalue weighted by Crippen LogP contribution is 2.73. The molecule has 0 spiro atoms. The number of rotatable bonds is 3. The fourth-order valence-corrected chi connectivity index (χ4v) is 35.6. The van der Waals surface area contributed by atoms with Crippen molar-refractivity contribution in [1.82, 2.24) is 0 Å². The molecule has 0 heterocycles. The lowest BCUT2D eigenvalue weighted by Gasteiger charge is -2.60. The minimum Gasteiger partial charge on any atom is -0.394 e. The van der Waals surface area contributed by atoms with Crippen LogP contribution in [0.4, 0.5) is 0 Å². The molecule has 20 heteroatoms. The smallest absolute Gasteiger partial charge is 0.394 e. The Morgan fingerprint density at radius 1 is 0.457 bits per heavy atom. The standard InChI is InChI=1S/C22H34O.C21H30O5.C20H30O2.C19H28O3.C19H26O3.C4H6O3.C2H5.Al.2ClH/c1-5-15-7-9-18-17-8-6-16-12-14(2)10-11-21(16,3)20(17)19(23)13-22(15,18)4;1-19-7-5-13(23)9-12(19)3-4-14-15-6-8-21(26,17(25)11-22)20(15,2)10-16(24)18(14)19;1-12-8-9-19(2)13(10-12)4-5-14-15-6-7-17(22)20(15,3)11-16(21)18(14)19;2*1-18-8-7-12(20)9-11(18)3-4-13-14-5-6-16(22)19(14,2)10-15(21)17(13)18;1-3(5)7-4(2)6;1-2;;;/h5,14,16-18,20H,6-13H2,1-4H3;9,14-16,18,22,24,26H,3-8,10-11H2,1-2H3;12-15,18H,4-11H2,1-3H3;11-14,17,20H,3-10H2,1-2H3;11,13-14,17H,3-10H2,1-2H3;1-2H3;1H2,2H3;;2*1H/q;;;;;;;+2;;/p-2/b15-5-;;;;;;;;;/t14-,16+,17?,18?,20?,21-,22+;14?,15?,16-,18?,19-,20-,21-;12-,13+,14?,15?,18?,19-,20-;11?,12-,13?,14?,17?,18-,19-;11?,13?,14?,17?,18-,19-;;;;;/m00000...../s1. The van der Waals surface area contributed by atoms with Crippen LogP contribution in [0.3, 0.4) is 0 Å². The molecule has 0 amide bonds. The molecule has 20 aliphatic rings. The van der Waals surface area contributed by atoms with Gasteiger partial charge in [-0.1, -0.05) is 125 Å². The summed E-state index contributed by atoms with van der Waals surface area (Å²) >= 11 is -1.21. The Balaban J connectivity index is 0.000000125. The van der Waals surface area contributed by atoms with Crippen molar-refractivity contribution in [1.29, 1.82) is 0 Å².